The number of rotatable bonds is 11. The van der Waals surface area contributed by atoms with Gasteiger partial charge in [0.1, 0.15) is 5.75 Å². The quantitative estimate of drug-likeness (QED) is 0.525. The third kappa shape index (κ3) is 8.02. The van der Waals surface area contributed by atoms with Crippen molar-refractivity contribution in [3.05, 3.63) is 41.5 Å². The molecule has 0 aromatic heterocycles. The number of amides is 2. The highest BCUT2D eigenvalue weighted by Crippen LogP contribution is 2.38. The Balaban J connectivity index is 1.90. The van der Waals surface area contributed by atoms with E-state index in [1.54, 1.807) is 14.2 Å². The average Bonchev–Trinajstić information content (AvgIpc) is 2.76. The summed E-state index contributed by atoms with van der Waals surface area (Å²) in [6.45, 7) is 8.14. The molecule has 0 spiro atoms. The van der Waals surface area contributed by atoms with E-state index in [4.69, 9.17) is 9.47 Å². The monoisotopic (exact) mass is 430 g/mol. The Morgan fingerprint density at radius 3 is 2.42 bits per heavy atom. The minimum absolute atomic E-state index is 0.0236. The predicted octanol–water partition coefficient (Wildman–Crippen LogP) is 3.71. The van der Waals surface area contributed by atoms with Crippen molar-refractivity contribution < 1.29 is 19.1 Å². The molecule has 3 atom stereocenters. The first-order chi connectivity index (χ1) is 14.8. The summed E-state index contributed by atoms with van der Waals surface area (Å²) in [7, 11) is 3.24. The van der Waals surface area contributed by atoms with Crippen molar-refractivity contribution in [2.45, 2.75) is 46.6 Å². The van der Waals surface area contributed by atoms with E-state index in [0.717, 1.165) is 17.7 Å². The predicted molar refractivity (Wildman–Crippen MR) is 123 cm³/mol. The Morgan fingerprint density at radius 2 is 1.81 bits per heavy atom. The van der Waals surface area contributed by atoms with Gasteiger partial charge in [-0.3, -0.25) is 9.59 Å². The number of carbonyl (C=O) groups is 2. The summed E-state index contributed by atoms with van der Waals surface area (Å²) < 4.78 is 10.1. The summed E-state index contributed by atoms with van der Waals surface area (Å²) in [6, 6.07) is 7.73. The van der Waals surface area contributed by atoms with Crippen molar-refractivity contribution in [1.82, 2.24) is 10.6 Å². The van der Waals surface area contributed by atoms with E-state index in [-0.39, 0.29) is 17.7 Å². The van der Waals surface area contributed by atoms with Crippen LogP contribution in [-0.4, -0.2) is 39.2 Å². The van der Waals surface area contributed by atoms with E-state index < -0.39 is 0 Å². The van der Waals surface area contributed by atoms with Crippen LogP contribution in [0.2, 0.25) is 0 Å². The molecule has 0 aliphatic heterocycles. The molecule has 0 saturated carbocycles. The molecule has 6 heteroatoms. The summed E-state index contributed by atoms with van der Waals surface area (Å²) in [6.07, 6.45) is 4.12. The van der Waals surface area contributed by atoms with Crippen molar-refractivity contribution >= 4 is 11.8 Å². The first kappa shape index (κ1) is 24.9. The van der Waals surface area contributed by atoms with Crippen LogP contribution in [0.4, 0.5) is 0 Å². The van der Waals surface area contributed by atoms with Gasteiger partial charge in [0.25, 0.3) is 0 Å². The molecule has 2 amide bonds. The molecule has 31 heavy (non-hydrogen) atoms. The molecule has 172 valence electrons. The zero-order valence-corrected chi connectivity index (χ0v) is 19.6. The third-order valence-electron chi connectivity index (χ3n) is 6.23. The Bertz CT molecular complexity index is 742. The van der Waals surface area contributed by atoms with E-state index in [1.807, 2.05) is 24.3 Å². The van der Waals surface area contributed by atoms with Crippen LogP contribution in [-0.2, 0) is 20.9 Å². The number of benzene rings is 1. The molecule has 1 aromatic carbocycles. The molecule has 2 N–H and O–H groups in total. The lowest BCUT2D eigenvalue weighted by atomic mass is 9.69. The molecule has 0 fully saturated rings. The highest BCUT2D eigenvalue weighted by Gasteiger charge is 2.32. The van der Waals surface area contributed by atoms with Gasteiger partial charge in [-0.15, -0.1) is 0 Å². The number of methoxy groups -OCH3 is 2. The van der Waals surface area contributed by atoms with Crippen LogP contribution in [0.3, 0.4) is 0 Å². The van der Waals surface area contributed by atoms with Crippen molar-refractivity contribution in [2.75, 3.05) is 27.4 Å². The van der Waals surface area contributed by atoms with E-state index in [2.05, 4.69) is 37.5 Å². The summed E-state index contributed by atoms with van der Waals surface area (Å²) in [5.41, 5.74) is 2.29. The molecule has 0 bridgehead atoms. The van der Waals surface area contributed by atoms with Crippen LogP contribution in [0.15, 0.2) is 35.9 Å². The fourth-order valence-corrected chi connectivity index (χ4v) is 4.26. The summed E-state index contributed by atoms with van der Waals surface area (Å²) in [4.78, 5) is 24.6. The Kier molecular flexibility index (Phi) is 10.0. The number of allylic oxidation sites excluding steroid dienone is 1. The highest BCUT2D eigenvalue weighted by atomic mass is 16.5. The summed E-state index contributed by atoms with van der Waals surface area (Å²) in [5, 5.41) is 6.09. The number of hydrogen-bond acceptors (Lipinski definition) is 4. The second-order valence-electron chi connectivity index (χ2n) is 8.79. The van der Waals surface area contributed by atoms with Crippen LogP contribution < -0.4 is 15.4 Å². The Labute approximate surface area is 186 Å². The van der Waals surface area contributed by atoms with Gasteiger partial charge in [0.15, 0.2) is 0 Å². The standard InChI is InChI=1S/C25H38N2O4/c1-17(2)23-13-20(18(3)12-21(23)16-27-24(28)10-11-30-4)14-25(29)26-15-19-6-8-22(31-5)9-7-19/h6-9,12,17,20-21,23H,10-11,13-16H2,1-5H3,(H,26,29)(H,27,28). The first-order valence-electron chi connectivity index (χ1n) is 11.2. The molecule has 1 aliphatic rings. The van der Waals surface area contributed by atoms with Gasteiger partial charge in [-0.1, -0.05) is 37.6 Å². The molecule has 2 rings (SSSR count). The van der Waals surface area contributed by atoms with Gasteiger partial charge in [-0.05, 0) is 54.7 Å². The normalized spacial score (nSPS) is 20.8. The maximum atomic E-state index is 12.6. The van der Waals surface area contributed by atoms with Crippen molar-refractivity contribution in [3.8, 4) is 5.75 Å². The topological polar surface area (TPSA) is 76.7 Å². The second kappa shape index (κ2) is 12.5. The maximum absolute atomic E-state index is 12.6. The van der Waals surface area contributed by atoms with E-state index in [1.165, 1.54) is 5.57 Å². The zero-order chi connectivity index (χ0) is 22.8. The number of hydrogen-bond donors (Lipinski definition) is 2. The lowest BCUT2D eigenvalue weighted by Gasteiger charge is -2.37. The van der Waals surface area contributed by atoms with Crippen LogP contribution in [0.5, 0.6) is 5.75 Å². The van der Waals surface area contributed by atoms with Crippen molar-refractivity contribution in [2.24, 2.45) is 23.7 Å². The minimum Gasteiger partial charge on any atom is -0.497 e. The van der Waals surface area contributed by atoms with Gasteiger partial charge >= 0.3 is 0 Å². The van der Waals surface area contributed by atoms with Gasteiger partial charge in [0.2, 0.25) is 11.8 Å². The zero-order valence-electron chi connectivity index (χ0n) is 19.6. The molecule has 3 unspecified atom stereocenters. The number of ether oxygens (including phenoxy) is 2. The molecule has 0 saturated heterocycles. The van der Waals surface area contributed by atoms with Gasteiger partial charge in [-0.2, -0.15) is 0 Å². The second-order valence-corrected chi connectivity index (χ2v) is 8.79. The molecule has 0 radical (unpaired) electrons. The van der Waals surface area contributed by atoms with Gasteiger partial charge in [-0.25, -0.2) is 0 Å². The molecular formula is C25H38N2O4. The lowest BCUT2D eigenvalue weighted by Crippen LogP contribution is -2.38. The van der Waals surface area contributed by atoms with Crippen LogP contribution in [0.25, 0.3) is 0 Å². The molecule has 1 aromatic rings. The first-order valence-corrected chi connectivity index (χ1v) is 11.2. The largest absolute Gasteiger partial charge is 0.497 e. The van der Waals surface area contributed by atoms with Crippen LogP contribution in [0, 0.1) is 23.7 Å². The average molecular weight is 431 g/mol. The number of carbonyl (C=O) groups excluding carboxylic acids is 2. The third-order valence-corrected chi connectivity index (χ3v) is 6.23. The number of nitrogens with one attached hydrogen (secondary N) is 2. The Hall–Kier alpha value is -2.34. The minimum atomic E-state index is 0.0236. The van der Waals surface area contributed by atoms with Gasteiger partial charge < -0.3 is 20.1 Å². The highest BCUT2D eigenvalue weighted by molar-refractivity contribution is 5.77. The molecule has 6 nitrogen and oxygen atoms in total. The molecule has 1 aliphatic carbocycles. The fraction of sp³-hybridized carbons (Fsp3) is 0.600. The van der Waals surface area contributed by atoms with E-state index in [0.29, 0.717) is 50.3 Å². The smallest absolute Gasteiger partial charge is 0.222 e. The Morgan fingerprint density at radius 1 is 1.10 bits per heavy atom. The molecular weight excluding hydrogens is 392 g/mol. The molecule has 0 heterocycles. The van der Waals surface area contributed by atoms with Crippen LogP contribution >= 0.6 is 0 Å². The maximum Gasteiger partial charge on any atom is 0.222 e. The van der Waals surface area contributed by atoms with E-state index in [9.17, 15) is 9.59 Å². The fourth-order valence-electron chi connectivity index (χ4n) is 4.26. The van der Waals surface area contributed by atoms with E-state index >= 15 is 0 Å². The summed E-state index contributed by atoms with van der Waals surface area (Å²) >= 11 is 0. The lowest BCUT2D eigenvalue weighted by molar-refractivity contribution is -0.122. The van der Waals surface area contributed by atoms with Gasteiger partial charge in [0.05, 0.1) is 13.7 Å². The summed E-state index contributed by atoms with van der Waals surface area (Å²) in [5.74, 6) is 2.36. The van der Waals surface area contributed by atoms with Gasteiger partial charge in [0, 0.05) is 33.0 Å². The van der Waals surface area contributed by atoms with Crippen molar-refractivity contribution in [1.29, 1.82) is 0 Å². The van der Waals surface area contributed by atoms with Crippen LogP contribution in [0.1, 0.15) is 45.6 Å². The SMILES string of the molecule is COCCC(=O)NCC1C=C(C)C(CC(=O)NCc2ccc(OC)cc2)CC1C(C)C. The van der Waals surface area contributed by atoms with Crippen molar-refractivity contribution in [3.63, 3.8) is 0 Å².